The van der Waals surface area contributed by atoms with E-state index in [4.69, 9.17) is 16.3 Å². The molecule has 142 valence electrons. The second-order valence-electron chi connectivity index (χ2n) is 5.89. The molecule has 8 heteroatoms. The fourth-order valence-corrected chi connectivity index (χ4v) is 4.37. The van der Waals surface area contributed by atoms with Gasteiger partial charge in [0.05, 0.1) is 12.8 Å². The van der Waals surface area contributed by atoms with E-state index in [9.17, 15) is 9.59 Å². The molecule has 1 fully saturated rings. The average Bonchev–Trinajstić information content (AvgIpc) is 2.69. The van der Waals surface area contributed by atoms with Crippen LogP contribution in [-0.4, -0.2) is 48.5 Å². The summed E-state index contributed by atoms with van der Waals surface area (Å²) in [5, 5.41) is 3.36. The Kier molecular flexibility index (Phi) is 6.47. The summed E-state index contributed by atoms with van der Waals surface area (Å²) < 4.78 is 9.47. The van der Waals surface area contributed by atoms with Crippen LogP contribution < -0.4 is 10.1 Å². The number of carbonyl (C=O) groups excluding carboxylic acids is 2. The highest BCUT2D eigenvalue weighted by atomic mass is 35.5. The number of carbonyl (C=O) groups is 2. The average molecular weight is 406 g/mol. The molecule has 6 nitrogen and oxygen atoms in total. The van der Waals surface area contributed by atoms with Crippen molar-refractivity contribution in [3.63, 3.8) is 0 Å². The summed E-state index contributed by atoms with van der Waals surface area (Å²) >= 11 is 5.86. The lowest BCUT2D eigenvalue weighted by Gasteiger charge is -2.28. The lowest BCUT2D eigenvalue weighted by Crippen LogP contribution is -2.42. The number of nitrogens with zero attached hydrogens (tertiary/aromatic N) is 2. The lowest BCUT2D eigenvalue weighted by atomic mass is 10.2. The van der Waals surface area contributed by atoms with E-state index in [1.54, 1.807) is 48.4 Å². The second-order valence-corrected chi connectivity index (χ2v) is 8.25. The Morgan fingerprint density at radius 2 is 1.78 bits per heavy atom. The zero-order chi connectivity index (χ0) is 19.2. The van der Waals surface area contributed by atoms with Crippen LogP contribution in [0.3, 0.4) is 0 Å². The predicted molar refractivity (Wildman–Crippen MR) is 109 cm³/mol. The standard InChI is InChI=1S/C19H20ClN3O3S/c1-26-17-5-3-2-4-16(17)21-19(25)22-27-12-10-23(11-13-27)18(24)14-6-8-15(20)9-7-14/h2-9H,10-13H2,1H3,(H,21,25). The Balaban J connectivity index is 1.57. The highest BCUT2D eigenvalue weighted by Crippen LogP contribution is 2.23. The van der Waals surface area contributed by atoms with Crippen molar-refractivity contribution in [2.45, 2.75) is 0 Å². The highest BCUT2D eigenvalue weighted by molar-refractivity contribution is 7.87. The molecule has 1 saturated heterocycles. The Bertz CT molecular complexity index is 861. The summed E-state index contributed by atoms with van der Waals surface area (Å²) in [6, 6.07) is 13.7. The van der Waals surface area contributed by atoms with Crippen LogP contribution in [0.4, 0.5) is 10.5 Å². The minimum atomic E-state index is -0.397. The van der Waals surface area contributed by atoms with E-state index < -0.39 is 10.7 Å². The third kappa shape index (κ3) is 5.08. The van der Waals surface area contributed by atoms with Gasteiger partial charge in [-0.3, -0.25) is 4.79 Å². The number of urea groups is 1. The number of ether oxygens (including phenoxy) is 1. The van der Waals surface area contributed by atoms with E-state index in [1.807, 2.05) is 12.1 Å². The number of benzene rings is 2. The summed E-state index contributed by atoms with van der Waals surface area (Å²) in [5.41, 5.74) is 1.21. The van der Waals surface area contributed by atoms with Gasteiger partial charge in [-0.05, 0) is 36.4 Å². The molecule has 0 spiro atoms. The van der Waals surface area contributed by atoms with Crippen LogP contribution in [0.15, 0.2) is 52.9 Å². The first-order valence-corrected chi connectivity index (χ1v) is 10.3. The minimum absolute atomic E-state index is 0.0200. The molecule has 0 saturated carbocycles. The zero-order valence-corrected chi connectivity index (χ0v) is 16.4. The van der Waals surface area contributed by atoms with Crippen LogP contribution in [0.5, 0.6) is 5.75 Å². The minimum Gasteiger partial charge on any atom is -0.495 e. The van der Waals surface area contributed by atoms with Crippen LogP contribution in [0, 0.1) is 0 Å². The molecule has 3 amide bonds. The molecule has 0 unspecified atom stereocenters. The Morgan fingerprint density at radius 1 is 1.11 bits per heavy atom. The van der Waals surface area contributed by atoms with Crippen molar-refractivity contribution in [1.82, 2.24) is 4.90 Å². The molecule has 3 rings (SSSR count). The van der Waals surface area contributed by atoms with Crippen LogP contribution in [0.25, 0.3) is 0 Å². The molecule has 1 N–H and O–H groups in total. The van der Waals surface area contributed by atoms with Gasteiger partial charge in [0.2, 0.25) is 0 Å². The van der Waals surface area contributed by atoms with Crippen molar-refractivity contribution in [1.29, 1.82) is 0 Å². The summed E-state index contributed by atoms with van der Waals surface area (Å²) in [7, 11) is 1.16. The second kappa shape index (κ2) is 9.01. The number of hydrogen-bond acceptors (Lipinski definition) is 3. The van der Waals surface area contributed by atoms with Gasteiger partial charge in [-0.1, -0.05) is 34.4 Å². The maximum atomic E-state index is 12.5. The summed E-state index contributed by atoms with van der Waals surface area (Å²) in [5.74, 6) is 1.93. The molecular weight excluding hydrogens is 386 g/mol. The van der Waals surface area contributed by atoms with Gasteiger partial charge in [-0.2, -0.15) is 4.36 Å². The number of nitrogens with one attached hydrogen (secondary N) is 1. The van der Waals surface area contributed by atoms with Crippen molar-refractivity contribution in [2.75, 3.05) is 37.0 Å². The van der Waals surface area contributed by atoms with Gasteiger partial charge in [0.25, 0.3) is 5.91 Å². The van der Waals surface area contributed by atoms with Crippen molar-refractivity contribution in [3.8, 4) is 5.75 Å². The van der Waals surface area contributed by atoms with Gasteiger partial charge in [-0.15, -0.1) is 0 Å². The number of amides is 3. The van der Waals surface area contributed by atoms with Gasteiger partial charge in [0.1, 0.15) is 5.75 Å². The van der Waals surface area contributed by atoms with Crippen molar-refractivity contribution < 1.29 is 14.3 Å². The third-order valence-corrected chi connectivity index (χ3v) is 6.12. The van der Waals surface area contributed by atoms with Crippen LogP contribution in [0.1, 0.15) is 10.4 Å². The molecule has 2 aromatic carbocycles. The van der Waals surface area contributed by atoms with Crippen molar-refractivity contribution >= 4 is 39.9 Å². The van der Waals surface area contributed by atoms with Crippen LogP contribution in [-0.2, 0) is 10.7 Å². The molecular formula is C19H20ClN3O3S. The topological polar surface area (TPSA) is 71.0 Å². The van der Waals surface area contributed by atoms with Gasteiger partial charge in [0.15, 0.2) is 0 Å². The first kappa shape index (κ1) is 19.4. The van der Waals surface area contributed by atoms with E-state index in [0.717, 1.165) is 0 Å². The van der Waals surface area contributed by atoms with E-state index in [0.29, 0.717) is 46.6 Å². The number of para-hydroxylation sites is 2. The maximum Gasteiger partial charge on any atom is 0.351 e. The zero-order valence-electron chi connectivity index (χ0n) is 14.9. The fourth-order valence-electron chi connectivity index (χ4n) is 2.72. The molecule has 0 aromatic heterocycles. The predicted octanol–water partition coefficient (Wildman–Crippen LogP) is 3.84. The van der Waals surface area contributed by atoms with Gasteiger partial charge in [0, 0.05) is 35.2 Å². The molecule has 1 aliphatic rings. The SMILES string of the molecule is COc1ccccc1NC(=O)N=S1CCN(C(=O)c2ccc(Cl)cc2)CC1. The molecule has 27 heavy (non-hydrogen) atoms. The molecule has 0 radical (unpaired) electrons. The Labute approximate surface area is 165 Å². The van der Waals surface area contributed by atoms with E-state index in [2.05, 4.69) is 9.68 Å². The number of methoxy groups -OCH3 is 1. The van der Waals surface area contributed by atoms with Gasteiger partial charge < -0.3 is 15.0 Å². The monoisotopic (exact) mass is 405 g/mol. The Hall–Kier alpha value is -2.38. The van der Waals surface area contributed by atoms with E-state index >= 15 is 0 Å². The third-order valence-electron chi connectivity index (χ3n) is 4.13. The van der Waals surface area contributed by atoms with Crippen LogP contribution in [0.2, 0.25) is 5.02 Å². The van der Waals surface area contributed by atoms with E-state index in [-0.39, 0.29) is 11.9 Å². The molecule has 0 bridgehead atoms. The summed E-state index contributed by atoms with van der Waals surface area (Å²) in [6.07, 6.45) is 0. The van der Waals surface area contributed by atoms with Crippen molar-refractivity contribution in [3.05, 3.63) is 59.1 Å². The lowest BCUT2D eigenvalue weighted by molar-refractivity contribution is 0.0772. The summed E-state index contributed by atoms with van der Waals surface area (Å²) in [4.78, 5) is 26.5. The maximum absolute atomic E-state index is 12.5. The quantitative estimate of drug-likeness (QED) is 0.843. The van der Waals surface area contributed by atoms with Crippen LogP contribution >= 0.6 is 11.6 Å². The normalized spacial score (nSPS) is 14.5. The molecule has 1 aliphatic heterocycles. The molecule has 1 heterocycles. The van der Waals surface area contributed by atoms with Gasteiger partial charge in [-0.25, -0.2) is 4.79 Å². The van der Waals surface area contributed by atoms with Gasteiger partial charge >= 0.3 is 6.03 Å². The Morgan fingerprint density at radius 3 is 2.44 bits per heavy atom. The highest BCUT2D eigenvalue weighted by Gasteiger charge is 2.21. The first-order valence-electron chi connectivity index (χ1n) is 8.45. The first-order chi connectivity index (χ1) is 13.1. The largest absolute Gasteiger partial charge is 0.495 e. The summed E-state index contributed by atoms with van der Waals surface area (Å²) in [6.45, 7) is 1.16. The fraction of sp³-hybridized carbons (Fsp3) is 0.263. The molecule has 2 aromatic rings. The number of halogens is 1. The number of rotatable bonds is 3. The number of anilines is 1. The van der Waals surface area contributed by atoms with Crippen molar-refractivity contribution in [2.24, 2.45) is 4.36 Å². The number of hydrogen-bond donors (Lipinski definition) is 1. The molecule has 0 atom stereocenters. The molecule has 0 aliphatic carbocycles. The smallest absolute Gasteiger partial charge is 0.351 e. The van der Waals surface area contributed by atoms with E-state index in [1.165, 1.54) is 0 Å².